The Morgan fingerprint density at radius 3 is 2.74 bits per heavy atom. The van der Waals surface area contributed by atoms with Gasteiger partial charge in [-0.2, -0.15) is 10.1 Å². The number of aromatic nitrogens is 6. The smallest absolute Gasteiger partial charge is 0.338 e. The van der Waals surface area contributed by atoms with Crippen molar-refractivity contribution in [2.24, 2.45) is 0 Å². The molecule has 2 N–H and O–H groups in total. The molecule has 3 aromatic heterocycles. The summed E-state index contributed by atoms with van der Waals surface area (Å²) in [6.45, 7) is 0.486. The van der Waals surface area contributed by atoms with Crippen LogP contribution in [-0.4, -0.2) is 46.6 Å². The lowest BCUT2D eigenvalue weighted by atomic mass is 10.2. The van der Waals surface area contributed by atoms with Gasteiger partial charge in [-0.3, -0.25) is 9.78 Å². The van der Waals surface area contributed by atoms with E-state index < -0.39 is 5.97 Å². The Balaban J connectivity index is 1.70. The highest BCUT2D eigenvalue weighted by molar-refractivity contribution is 7.98. The number of carboxylic acids is 1. The number of nitrogens with one attached hydrogen (secondary N) is 1. The highest BCUT2D eigenvalue weighted by Gasteiger charge is 2.14. The standard InChI is InChI=1S/C17H14N6O3S/c1-27-12-4-2-10(3-5-12)7-22-9-18-14-13(22)15(24)21-17(20-14)23-8-11(6-19-23)16(25)26/h2-6,8-9H,7H2,1H3,(H,25,26)(H,20,21,24). The summed E-state index contributed by atoms with van der Waals surface area (Å²) in [6, 6.07) is 8.06. The first-order valence-electron chi connectivity index (χ1n) is 7.91. The third kappa shape index (κ3) is 3.22. The number of aromatic carboxylic acids is 1. The van der Waals surface area contributed by atoms with Crippen molar-refractivity contribution in [3.8, 4) is 5.95 Å². The van der Waals surface area contributed by atoms with Gasteiger partial charge in [-0.25, -0.2) is 14.5 Å². The summed E-state index contributed by atoms with van der Waals surface area (Å²) in [5.41, 5.74) is 1.27. The Hall–Kier alpha value is -3.40. The molecule has 1 aromatic carbocycles. The zero-order valence-electron chi connectivity index (χ0n) is 14.2. The molecule has 0 aliphatic heterocycles. The number of rotatable bonds is 5. The van der Waals surface area contributed by atoms with Gasteiger partial charge in [-0.15, -0.1) is 11.8 Å². The highest BCUT2D eigenvalue weighted by atomic mass is 32.2. The summed E-state index contributed by atoms with van der Waals surface area (Å²) in [5.74, 6) is -1.00. The molecular formula is C17H14N6O3S. The van der Waals surface area contributed by atoms with Gasteiger partial charge in [-0.1, -0.05) is 12.1 Å². The van der Waals surface area contributed by atoms with Crippen LogP contribution in [0.25, 0.3) is 17.1 Å². The van der Waals surface area contributed by atoms with Crippen LogP contribution < -0.4 is 5.56 Å². The first-order chi connectivity index (χ1) is 13.0. The normalized spacial score (nSPS) is 11.1. The van der Waals surface area contributed by atoms with E-state index in [0.29, 0.717) is 12.1 Å². The number of imidazole rings is 1. The number of benzene rings is 1. The SMILES string of the molecule is CSc1ccc(Cn2cnc3nc(-n4cc(C(=O)O)cn4)[nH]c(=O)c32)cc1. The second kappa shape index (κ2) is 6.72. The van der Waals surface area contributed by atoms with E-state index in [9.17, 15) is 9.59 Å². The van der Waals surface area contributed by atoms with E-state index in [1.165, 1.54) is 22.0 Å². The van der Waals surface area contributed by atoms with Crippen molar-refractivity contribution in [1.29, 1.82) is 0 Å². The molecule has 0 atom stereocenters. The largest absolute Gasteiger partial charge is 0.478 e. The average Bonchev–Trinajstić information content (AvgIpc) is 3.30. The van der Waals surface area contributed by atoms with Gasteiger partial charge in [0.25, 0.3) is 5.56 Å². The molecule has 0 saturated heterocycles. The zero-order chi connectivity index (χ0) is 19.0. The molecule has 0 aliphatic rings. The molecule has 0 radical (unpaired) electrons. The van der Waals surface area contributed by atoms with Crippen LogP contribution >= 0.6 is 11.8 Å². The van der Waals surface area contributed by atoms with E-state index >= 15 is 0 Å². The van der Waals surface area contributed by atoms with Crippen LogP contribution in [0.1, 0.15) is 15.9 Å². The number of carboxylic acid groups (broad SMARTS) is 1. The lowest BCUT2D eigenvalue weighted by Crippen LogP contribution is -2.16. The Morgan fingerprint density at radius 1 is 1.30 bits per heavy atom. The van der Waals surface area contributed by atoms with Crippen LogP contribution in [-0.2, 0) is 6.54 Å². The Kier molecular flexibility index (Phi) is 4.24. The summed E-state index contributed by atoms with van der Waals surface area (Å²) in [4.78, 5) is 35.8. The molecule has 0 amide bonds. The van der Waals surface area contributed by atoms with E-state index in [2.05, 4.69) is 20.1 Å². The molecule has 0 unspecified atom stereocenters. The minimum Gasteiger partial charge on any atom is -0.478 e. The number of hydrogen-bond donors (Lipinski definition) is 2. The van der Waals surface area contributed by atoms with Gasteiger partial charge in [0.15, 0.2) is 11.2 Å². The van der Waals surface area contributed by atoms with E-state index in [1.54, 1.807) is 22.7 Å². The molecule has 136 valence electrons. The summed E-state index contributed by atoms with van der Waals surface area (Å²) in [7, 11) is 0. The maximum atomic E-state index is 12.6. The second-order valence-electron chi connectivity index (χ2n) is 5.76. The average molecular weight is 382 g/mol. The van der Waals surface area contributed by atoms with E-state index in [4.69, 9.17) is 5.11 Å². The number of nitrogens with zero attached hydrogens (tertiary/aromatic N) is 5. The van der Waals surface area contributed by atoms with Crippen molar-refractivity contribution in [1.82, 2.24) is 29.3 Å². The van der Waals surface area contributed by atoms with Crippen LogP contribution in [0.4, 0.5) is 0 Å². The summed E-state index contributed by atoms with van der Waals surface area (Å²) in [5, 5.41) is 12.9. The van der Waals surface area contributed by atoms with E-state index in [0.717, 1.165) is 5.56 Å². The number of H-pyrrole nitrogens is 1. The quantitative estimate of drug-likeness (QED) is 0.505. The molecule has 9 nitrogen and oxygen atoms in total. The Bertz CT molecular complexity index is 1190. The lowest BCUT2D eigenvalue weighted by Gasteiger charge is -2.05. The van der Waals surface area contributed by atoms with Gasteiger partial charge in [0.1, 0.15) is 0 Å². The number of aromatic amines is 1. The predicted molar refractivity (Wildman–Crippen MR) is 99.6 cm³/mol. The minimum absolute atomic E-state index is 0.00281. The first kappa shape index (κ1) is 17.0. The molecule has 10 heteroatoms. The van der Waals surface area contributed by atoms with Crippen molar-refractivity contribution < 1.29 is 9.90 Å². The van der Waals surface area contributed by atoms with Crippen molar-refractivity contribution in [2.75, 3.05) is 6.26 Å². The molecule has 4 rings (SSSR count). The number of thioether (sulfide) groups is 1. The molecule has 0 fully saturated rings. The van der Waals surface area contributed by atoms with Gasteiger partial charge < -0.3 is 9.67 Å². The van der Waals surface area contributed by atoms with Gasteiger partial charge >= 0.3 is 5.97 Å². The van der Waals surface area contributed by atoms with Gasteiger partial charge in [0.2, 0.25) is 5.95 Å². The molecular weight excluding hydrogens is 368 g/mol. The minimum atomic E-state index is -1.11. The van der Waals surface area contributed by atoms with Crippen LogP contribution in [0.3, 0.4) is 0 Å². The molecule has 0 aliphatic carbocycles. The van der Waals surface area contributed by atoms with Crippen LogP contribution in [0, 0.1) is 0 Å². The fraction of sp³-hybridized carbons (Fsp3) is 0.118. The zero-order valence-corrected chi connectivity index (χ0v) is 15.0. The maximum Gasteiger partial charge on any atom is 0.338 e. The van der Waals surface area contributed by atoms with Crippen molar-refractivity contribution in [3.63, 3.8) is 0 Å². The number of fused-ring (bicyclic) bond motifs is 1. The summed E-state index contributed by atoms with van der Waals surface area (Å²) >= 11 is 1.66. The third-order valence-electron chi connectivity index (χ3n) is 4.03. The van der Waals surface area contributed by atoms with Crippen molar-refractivity contribution >= 4 is 28.9 Å². The molecule has 27 heavy (non-hydrogen) atoms. The van der Waals surface area contributed by atoms with Gasteiger partial charge in [-0.05, 0) is 24.0 Å². The highest BCUT2D eigenvalue weighted by Crippen LogP contribution is 2.16. The van der Waals surface area contributed by atoms with Crippen LogP contribution in [0.5, 0.6) is 0 Å². The van der Waals surface area contributed by atoms with Crippen LogP contribution in [0.2, 0.25) is 0 Å². The lowest BCUT2D eigenvalue weighted by molar-refractivity contribution is 0.0697. The van der Waals surface area contributed by atoms with Crippen molar-refractivity contribution in [2.45, 2.75) is 11.4 Å². The Morgan fingerprint density at radius 2 is 2.07 bits per heavy atom. The fourth-order valence-electron chi connectivity index (χ4n) is 2.68. The Labute approximate surface area is 156 Å². The second-order valence-corrected chi connectivity index (χ2v) is 6.64. The fourth-order valence-corrected chi connectivity index (χ4v) is 3.09. The predicted octanol–water partition coefficient (Wildman–Crippen LogP) is 1.77. The third-order valence-corrected chi connectivity index (χ3v) is 4.77. The summed E-state index contributed by atoms with van der Waals surface area (Å²) < 4.78 is 2.93. The number of carbonyl (C=O) groups is 1. The first-order valence-corrected chi connectivity index (χ1v) is 9.14. The van der Waals surface area contributed by atoms with E-state index in [-0.39, 0.29) is 22.7 Å². The van der Waals surface area contributed by atoms with Gasteiger partial charge in [0, 0.05) is 17.6 Å². The number of hydrogen-bond acceptors (Lipinski definition) is 6. The molecule has 4 aromatic rings. The van der Waals surface area contributed by atoms with Crippen molar-refractivity contribution in [3.05, 3.63) is 64.5 Å². The van der Waals surface area contributed by atoms with Crippen LogP contribution in [0.15, 0.2) is 52.7 Å². The van der Waals surface area contributed by atoms with E-state index in [1.807, 2.05) is 30.5 Å². The molecule has 0 bridgehead atoms. The molecule has 0 saturated carbocycles. The maximum absolute atomic E-state index is 12.6. The summed E-state index contributed by atoms with van der Waals surface area (Å²) in [6.07, 6.45) is 6.03. The van der Waals surface area contributed by atoms with Gasteiger partial charge in [0.05, 0.1) is 18.1 Å². The molecule has 3 heterocycles. The topological polar surface area (TPSA) is 119 Å². The molecule has 0 spiro atoms. The monoisotopic (exact) mass is 382 g/mol.